The van der Waals surface area contributed by atoms with Crippen LogP contribution in [0.4, 0.5) is 17.1 Å². The second-order valence-corrected chi connectivity index (χ2v) is 9.34. The average molecular weight is 478 g/mol. The molecule has 180 valence electrons. The van der Waals surface area contributed by atoms with Crippen LogP contribution in [0.1, 0.15) is 33.4 Å². The highest BCUT2D eigenvalue weighted by molar-refractivity contribution is 5.78. The Hall–Kier alpha value is -4.62. The van der Waals surface area contributed by atoms with Crippen molar-refractivity contribution >= 4 is 41.4 Å². The SMILES string of the molecule is Cc1ccc(N(c2ccc(C)cc2)c2ccc(/C=C/c3ccc(/C=C/c4ccccc4)cc3)cc2)cc1. The van der Waals surface area contributed by atoms with E-state index in [-0.39, 0.29) is 0 Å². The summed E-state index contributed by atoms with van der Waals surface area (Å²) in [6, 6.07) is 45.1. The third-order valence-electron chi connectivity index (χ3n) is 6.41. The zero-order chi connectivity index (χ0) is 25.5. The Labute approximate surface area is 220 Å². The normalized spacial score (nSPS) is 11.3. The van der Waals surface area contributed by atoms with Gasteiger partial charge in [0.2, 0.25) is 0 Å². The number of benzene rings is 5. The molecule has 0 amide bonds. The van der Waals surface area contributed by atoms with Gasteiger partial charge < -0.3 is 4.90 Å². The molecule has 0 saturated carbocycles. The summed E-state index contributed by atoms with van der Waals surface area (Å²) in [6.07, 6.45) is 8.62. The van der Waals surface area contributed by atoms with E-state index in [4.69, 9.17) is 0 Å². The molecule has 0 spiro atoms. The van der Waals surface area contributed by atoms with Gasteiger partial charge >= 0.3 is 0 Å². The van der Waals surface area contributed by atoms with E-state index in [0.717, 1.165) is 17.1 Å². The van der Waals surface area contributed by atoms with Crippen molar-refractivity contribution in [2.45, 2.75) is 13.8 Å². The van der Waals surface area contributed by atoms with Gasteiger partial charge in [0.05, 0.1) is 0 Å². The van der Waals surface area contributed by atoms with Crippen LogP contribution in [0.25, 0.3) is 24.3 Å². The molecule has 0 aliphatic heterocycles. The van der Waals surface area contributed by atoms with Crippen LogP contribution in [-0.2, 0) is 0 Å². The summed E-state index contributed by atoms with van der Waals surface area (Å²) in [5.74, 6) is 0. The summed E-state index contributed by atoms with van der Waals surface area (Å²) in [5.41, 5.74) is 10.7. The van der Waals surface area contributed by atoms with Crippen molar-refractivity contribution in [3.05, 3.63) is 161 Å². The highest BCUT2D eigenvalue weighted by Gasteiger charge is 2.12. The minimum absolute atomic E-state index is 1.14. The molecule has 0 aromatic heterocycles. The van der Waals surface area contributed by atoms with Gasteiger partial charge in [-0.25, -0.2) is 0 Å². The van der Waals surface area contributed by atoms with E-state index in [1.54, 1.807) is 0 Å². The minimum Gasteiger partial charge on any atom is -0.311 e. The zero-order valence-electron chi connectivity index (χ0n) is 21.4. The molecule has 0 radical (unpaired) electrons. The monoisotopic (exact) mass is 477 g/mol. The molecule has 5 rings (SSSR count). The second kappa shape index (κ2) is 11.4. The molecule has 0 atom stereocenters. The van der Waals surface area contributed by atoms with Gasteiger partial charge in [0.1, 0.15) is 0 Å². The molecule has 1 nitrogen and oxygen atoms in total. The van der Waals surface area contributed by atoms with Crippen LogP contribution >= 0.6 is 0 Å². The Kier molecular flexibility index (Phi) is 7.43. The van der Waals surface area contributed by atoms with Gasteiger partial charge in [-0.3, -0.25) is 0 Å². The van der Waals surface area contributed by atoms with Crippen molar-refractivity contribution in [1.29, 1.82) is 0 Å². The lowest BCUT2D eigenvalue weighted by Crippen LogP contribution is -2.09. The molecule has 0 bridgehead atoms. The van der Waals surface area contributed by atoms with Crippen molar-refractivity contribution in [1.82, 2.24) is 0 Å². The van der Waals surface area contributed by atoms with Gasteiger partial charge in [-0.1, -0.05) is 126 Å². The maximum Gasteiger partial charge on any atom is 0.0462 e. The van der Waals surface area contributed by atoms with Crippen molar-refractivity contribution < 1.29 is 0 Å². The molecule has 5 aromatic rings. The fourth-order valence-corrected chi connectivity index (χ4v) is 4.24. The molecule has 0 N–H and O–H groups in total. The third-order valence-corrected chi connectivity index (χ3v) is 6.41. The fourth-order valence-electron chi connectivity index (χ4n) is 4.24. The largest absolute Gasteiger partial charge is 0.311 e. The van der Waals surface area contributed by atoms with E-state index < -0.39 is 0 Å². The maximum absolute atomic E-state index is 2.30. The van der Waals surface area contributed by atoms with Crippen LogP contribution in [0.5, 0.6) is 0 Å². The zero-order valence-corrected chi connectivity index (χ0v) is 21.4. The van der Waals surface area contributed by atoms with Gasteiger partial charge in [-0.05, 0) is 72.5 Å². The molecule has 5 aromatic carbocycles. The summed E-state index contributed by atoms with van der Waals surface area (Å²) >= 11 is 0. The average Bonchev–Trinajstić information content (AvgIpc) is 2.95. The number of anilines is 3. The summed E-state index contributed by atoms with van der Waals surface area (Å²) in [4.78, 5) is 2.30. The highest BCUT2D eigenvalue weighted by atomic mass is 15.1. The Morgan fingerprint density at radius 3 is 1.03 bits per heavy atom. The molecular formula is C36H31N. The van der Waals surface area contributed by atoms with E-state index in [1.165, 1.54) is 33.4 Å². The van der Waals surface area contributed by atoms with Crippen molar-refractivity contribution in [3.8, 4) is 0 Å². The van der Waals surface area contributed by atoms with Gasteiger partial charge in [-0.15, -0.1) is 0 Å². The van der Waals surface area contributed by atoms with E-state index >= 15 is 0 Å². The first kappa shape index (κ1) is 24.1. The minimum atomic E-state index is 1.14. The topological polar surface area (TPSA) is 3.24 Å². The number of hydrogen-bond donors (Lipinski definition) is 0. The maximum atomic E-state index is 2.30. The summed E-state index contributed by atoms with van der Waals surface area (Å²) < 4.78 is 0. The molecule has 1 heteroatoms. The molecular weight excluding hydrogens is 446 g/mol. The fraction of sp³-hybridized carbons (Fsp3) is 0.0556. The molecule has 37 heavy (non-hydrogen) atoms. The van der Waals surface area contributed by atoms with Crippen LogP contribution in [0.15, 0.2) is 127 Å². The van der Waals surface area contributed by atoms with Gasteiger partial charge in [0.15, 0.2) is 0 Å². The van der Waals surface area contributed by atoms with Crippen LogP contribution in [-0.4, -0.2) is 0 Å². The van der Waals surface area contributed by atoms with Crippen LogP contribution in [0, 0.1) is 13.8 Å². The van der Waals surface area contributed by atoms with Crippen LogP contribution in [0.3, 0.4) is 0 Å². The lowest BCUT2D eigenvalue weighted by Gasteiger charge is -2.25. The smallest absolute Gasteiger partial charge is 0.0462 e. The molecule has 0 aliphatic rings. The van der Waals surface area contributed by atoms with Crippen LogP contribution in [0.2, 0.25) is 0 Å². The quantitative estimate of drug-likeness (QED) is 0.211. The Morgan fingerprint density at radius 2 is 0.649 bits per heavy atom. The third kappa shape index (κ3) is 6.34. The molecule has 0 aliphatic carbocycles. The predicted octanol–water partition coefficient (Wildman–Crippen LogP) is 10.1. The Morgan fingerprint density at radius 1 is 0.351 bits per heavy atom. The first-order valence-electron chi connectivity index (χ1n) is 12.7. The molecule has 0 unspecified atom stereocenters. The highest BCUT2D eigenvalue weighted by Crippen LogP contribution is 2.34. The van der Waals surface area contributed by atoms with Crippen molar-refractivity contribution in [3.63, 3.8) is 0 Å². The predicted molar refractivity (Wildman–Crippen MR) is 161 cm³/mol. The van der Waals surface area contributed by atoms with Gasteiger partial charge in [0.25, 0.3) is 0 Å². The Balaban J connectivity index is 1.32. The lowest BCUT2D eigenvalue weighted by atomic mass is 10.1. The van der Waals surface area contributed by atoms with E-state index in [1.807, 2.05) is 6.07 Å². The van der Waals surface area contributed by atoms with Crippen molar-refractivity contribution in [2.75, 3.05) is 4.90 Å². The van der Waals surface area contributed by atoms with E-state index in [0.29, 0.717) is 0 Å². The molecule has 0 heterocycles. The summed E-state index contributed by atoms with van der Waals surface area (Å²) in [6.45, 7) is 4.24. The van der Waals surface area contributed by atoms with Gasteiger partial charge in [-0.2, -0.15) is 0 Å². The number of rotatable bonds is 7. The number of hydrogen-bond acceptors (Lipinski definition) is 1. The lowest BCUT2D eigenvalue weighted by molar-refractivity contribution is 1.27. The summed E-state index contributed by atoms with van der Waals surface area (Å²) in [7, 11) is 0. The molecule has 0 saturated heterocycles. The number of nitrogens with zero attached hydrogens (tertiary/aromatic N) is 1. The molecule has 0 fully saturated rings. The van der Waals surface area contributed by atoms with Crippen molar-refractivity contribution in [2.24, 2.45) is 0 Å². The van der Waals surface area contributed by atoms with E-state index in [9.17, 15) is 0 Å². The first-order chi connectivity index (χ1) is 18.1. The second-order valence-electron chi connectivity index (χ2n) is 9.34. The standard InChI is InChI=1S/C36H31N/c1-28-8-22-34(23-9-28)37(35-24-10-29(2)11-25-35)36-26-20-33(21-27-36)19-18-32-16-14-31(15-17-32)13-12-30-6-4-3-5-7-30/h3-27H,1-2H3/b13-12+,19-18+. The van der Waals surface area contributed by atoms with E-state index in [2.05, 4.69) is 164 Å². The van der Waals surface area contributed by atoms with Gasteiger partial charge in [0, 0.05) is 17.1 Å². The Bertz CT molecular complexity index is 1430. The first-order valence-corrected chi connectivity index (χ1v) is 12.7. The number of aryl methyl sites for hydroxylation is 2. The van der Waals surface area contributed by atoms with Crippen LogP contribution < -0.4 is 4.90 Å². The summed E-state index contributed by atoms with van der Waals surface area (Å²) in [5, 5.41) is 0.